The molecule has 0 atom stereocenters. The molecule has 480 valence electrons. The van der Waals surface area contributed by atoms with Gasteiger partial charge in [0.25, 0.3) is 0 Å². The molecule has 10 aromatic carbocycles. The molecular formula is C88H73IrN8O. The molecule has 0 spiro atoms. The van der Waals surface area contributed by atoms with Crippen LogP contribution in [0.5, 0.6) is 0 Å². The van der Waals surface area contributed by atoms with Crippen LogP contribution in [-0.2, 0) is 30.9 Å². The van der Waals surface area contributed by atoms with Crippen LogP contribution in [0.15, 0.2) is 253 Å². The molecular weight excluding hydrogens is 1380 g/mol. The Morgan fingerprint density at radius 1 is 0.418 bits per heavy atom. The van der Waals surface area contributed by atoms with Crippen LogP contribution in [0.25, 0.3) is 145 Å². The number of fused-ring (bicyclic) bond motifs is 7. The van der Waals surface area contributed by atoms with E-state index in [-0.39, 0.29) is 42.8 Å². The number of benzene rings is 10. The summed E-state index contributed by atoms with van der Waals surface area (Å²) in [5.74, 6) is 3.61. The minimum absolute atomic E-state index is 0. The van der Waals surface area contributed by atoms with Gasteiger partial charge in [-0.1, -0.05) is 189 Å². The Bertz CT molecular complexity index is 5540. The smallest absolute Gasteiger partial charge is 0.501 e. The average molecular weight is 1450 g/mol. The molecule has 6 heterocycles. The van der Waals surface area contributed by atoms with Crippen molar-refractivity contribution in [3.63, 3.8) is 0 Å². The van der Waals surface area contributed by atoms with Crippen LogP contribution in [0.4, 0.5) is 0 Å². The van der Waals surface area contributed by atoms with Gasteiger partial charge in [0.15, 0.2) is 5.82 Å². The molecule has 0 saturated carbocycles. The van der Waals surface area contributed by atoms with E-state index in [0.717, 1.165) is 123 Å². The van der Waals surface area contributed by atoms with Gasteiger partial charge >= 0.3 is 20.1 Å². The Balaban J connectivity index is 0.000000170. The minimum atomic E-state index is -0.198. The summed E-state index contributed by atoms with van der Waals surface area (Å²) in [7, 11) is 0. The summed E-state index contributed by atoms with van der Waals surface area (Å²) < 4.78 is 11.3. The first kappa shape index (κ1) is 64.6. The molecule has 9 nitrogen and oxygen atoms in total. The van der Waals surface area contributed by atoms with Crippen LogP contribution in [-0.4, -0.2) is 39.0 Å². The molecule has 16 aromatic rings. The number of aromatic nitrogens is 8. The van der Waals surface area contributed by atoms with E-state index in [1.54, 1.807) is 0 Å². The fourth-order valence-corrected chi connectivity index (χ4v) is 13.2. The molecule has 0 radical (unpaired) electrons. The molecule has 0 N–H and O–H groups in total. The van der Waals surface area contributed by atoms with Crippen molar-refractivity contribution < 1.29 is 24.5 Å². The van der Waals surface area contributed by atoms with E-state index < -0.39 is 0 Å². The third-order valence-electron chi connectivity index (χ3n) is 18.1. The summed E-state index contributed by atoms with van der Waals surface area (Å²) in [4.78, 5) is 29.3. The zero-order valence-electron chi connectivity index (χ0n) is 56.6. The van der Waals surface area contributed by atoms with E-state index in [0.29, 0.717) is 5.82 Å². The maximum Gasteiger partial charge on any atom is 3.00 e. The van der Waals surface area contributed by atoms with Gasteiger partial charge in [-0.25, -0.2) is 15.0 Å². The molecule has 0 unspecified atom stereocenters. The molecule has 0 saturated heterocycles. The van der Waals surface area contributed by atoms with Gasteiger partial charge in [-0.05, 0) is 135 Å². The number of furan rings is 1. The number of hydrogen-bond acceptors (Lipinski definition) is 7. The number of nitrogens with zero attached hydrogens (tertiary/aromatic N) is 8. The van der Waals surface area contributed by atoms with Gasteiger partial charge < -0.3 is 23.5 Å². The third kappa shape index (κ3) is 12.2. The SMILES string of the molecule is CC(C)c1cc(-c2ccc(-c3nc(C(C)(C)C)nc(C(C)(C)C)n3)cc2)cc(C(C)C)c1-n1c(-c2[c-]ccc3c2oc2ccccc23)nc2ccccc21.[Ir+3].[c-]1ccccc1-c1cc(-c2cccc3c2c2cc(-c4cc[c-]c(-c5ccccn5)c4)ccc2n3-c2ccccc2)ccn1. The first-order valence-electron chi connectivity index (χ1n) is 33.4. The Kier molecular flexibility index (Phi) is 17.3. The molecule has 0 amide bonds. The first-order chi connectivity index (χ1) is 47.0. The quantitative estimate of drug-likeness (QED) is 0.119. The van der Waals surface area contributed by atoms with Crippen LogP contribution in [0, 0.1) is 18.2 Å². The van der Waals surface area contributed by atoms with Crippen molar-refractivity contribution in [2.45, 2.75) is 91.9 Å². The predicted molar refractivity (Wildman–Crippen MR) is 398 cm³/mol. The zero-order chi connectivity index (χ0) is 66.7. The summed E-state index contributed by atoms with van der Waals surface area (Å²) in [5.41, 5.74) is 22.9. The fourth-order valence-electron chi connectivity index (χ4n) is 13.2. The number of imidazole rings is 1. The van der Waals surface area contributed by atoms with Gasteiger partial charge in [-0.2, -0.15) is 0 Å². The minimum Gasteiger partial charge on any atom is -0.501 e. The predicted octanol–water partition coefficient (Wildman–Crippen LogP) is 22.6. The van der Waals surface area contributed by atoms with Crippen molar-refractivity contribution >= 4 is 54.8 Å². The van der Waals surface area contributed by atoms with E-state index >= 15 is 0 Å². The molecule has 98 heavy (non-hydrogen) atoms. The molecule has 10 heteroatoms. The second-order valence-corrected chi connectivity index (χ2v) is 27.7. The van der Waals surface area contributed by atoms with E-state index in [1.165, 1.54) is 38.7 Å². The van der Waals surface area contributed by atoms with Gasteiger partial charge in [0, 0.05) is 56.3 Å². The Labute approximate surface area is 586 Å². The van der Waals surface area contributed by atoms with E-state index in [1.807, 2.05) is 73.1 Å². The standard InChI is InChI=1S/C48H48N5O.C40H25N3.Ir/c1-28(2)36-26-32(30-22-24-31(25-23-30)43-50-45(47(5,6)7)52-46(51-43)48(8,9)10)27-37(29(3)4)41(36)53-39-20-13-12-19-38(39)49-44(53)35-18-15-17-34-33-16-11-14-21-40(33)54-42(34)35;1-3-11-28(12-4-1)37-27-31(22-24-42-37)34-17-10-19-39-40(34)35-26-30(20-21-38(35)43(39)33-15-5-2-6-16-33)29-13-9-14-32(25-29)36-18-7-8-23-41-36;/h11-17,19-29H,1-10H3;1-11,13,15-27H;/q-1;-2;+3. The summed E-state index contributed by atoms with van der Waals surface area (Å²) in [6, 6.07) is 92.8. The molecule has 0 aliphatic carbocycles. The Hall–Kier alpha value is -10.8. The molecule has 0 bridgehead atoms. The van der Waals surface area contributed by atoms with Crippen molar-refractivity contribution in [2.75, 3.05) is 0 Å². The average Bonchev–Trinajstić information content (AvgIpc) is 1.56. The van der Waals surface area contributed by atoms with E-state index in [4.69, 9.17) is 24.4 Å². The van der Waals surface area contributed by atoms with Crippen molar-refractivity contribution in [3.8, 4) is 90.0 Å². The van der Waals surface area contributed by atoms with Gasteiger partial charge in [-0.15, -0.1) is 89.5 Å². The summed E-state index contributed by atoms with van der Waals surface area (Å²) >= 11 is 0. The molecule has 16 rings (SSSR count). The van der Waals surface area contributed by atoms with Gasteiger partial charge in [0.1, 0.15) is 17.2 Å². The Morgan fingerprint density at radius 3 is 1.80 bits per heavy atom. The van der Waals surface area contributed by atoms with Crippen molar-refractivity contribution in [3.05, 3.63) is 290 Å². The van der Waals surface area contributed by atoms with Crippen molar-refractivity contribution in [1.29, 1.82) is 0 Å². The van der Waals surface area contributed by atoms with Gasteiger partial charge in [0.05, 0.1) is 33.5 Å². The summed E-state index contributed by atoms with van der Waals surface area (Å²) in [6.45, 7) is 22.0. The first-order valence-corrected chi connectivity index (χ1v) is 33.4. The monoisotopic (exact) mass is 1450 g/mol. The molecule has 0 aliphatic heterocycles. The van der Waals surface area contributed by atoms with Crippen molar-refractivity contribution in [2.24, 2.45) is 0 Å². The van der Waals surface area contributed by atoms with Crippen LogP contribution < -0.4 is 0 Å². The maximum absolute atomic E-state index is 6.55. The molecule has 6 aromatic heterocycles. The molecule has 0 fully saturated rings. The normalized spacial score (nSPS) is 11.9. The van der Waals surface area contributed by atoms with Crippen LogP contribution >= 0.6 is 0 Å². The van der Waals surface area contributed by atoms with Gasteiger partial charge in [-0.3, -0.25) is 4.98 Å². The number of hydrogen-bond donors (Lipinski definition) is 0. The largest absolute Gasteiger partial charge is 3.00 e. The number of rotatable bonds is 11. The summed E-state index contributed by atoms with van der Waals surface area (Å²) in [6.07, 6.45) is 3.72. The summed E-state index contributed by atoms with van der Waals surface area (Å²) in [5, 5.41) is 4.56. The van der Waals surface area contributed by atoms with Crippen LogP contribution in [0.2, 0.25) is 0 Å². The van der Waals surface area contributed by atoms with Crippen LogP contribution in [0.1, 0.15) is 104 Å². The maximum atomic E-state index is 6.55. The van der Waals surface area contributed by atoms with Crippen molar-refractivity contribution in [1.82, 2.24) is 39.0 Å². The topological polar surface area (TPSA) is 100 Å². The number of para-hydroxylation sites is 4. The van der Waals surface area contributed by atoms with Gasteiger partial charge in [0.2, 0.25) is 0 Å². The zero-order valence-corrected chi connectivity index (χ0v) is 59.0. The number of pyridine rings is 2. The molecule has 0 aliphatic rings. The fraction of sp³-hybridized carbons (Fsp3) is 0.159. The second kappa shape index (κ2) is 26.3. The van der Waals surface area contributed by atoms with E-state index in [9.17, 15) is 0 Å². The third-order valence-corrected chi connectivity index (χ3v) is 18.1. The van der Waals surface area contributed by atoms with E-state index in [2.05, 4.69) is 282 Å². The van der Waals surface area contributed by atoms with Crippen LogP contribution in [0.3, 0.4) is 0 Å². The second-order valence-electron chi connectivity index (χ2n) is 27.7. The Morgan fingerprint density at radius 2 is 1.07 bits per heavy atom.